The average molecular weight is 382 g/mol. The minimum Gasteiger partial charge on any atom is -0.493 e. The van der Waals surface area contributed by atoms with Crippen LogP contribution in [0.1, 0.15) is 50.7 Å². The molecule has 1 saturated heterocycles. The van der Waals surface area contributed by atoms with Crippen LogP contribution in [0.15, 0.2) is 54.6 Å². The zero-order valence-electron chi connectivity index (χ0n) is 17.0. The second-order valence-corrected chi connectivity index (χ2v) is 8.08. The first kappa shape index (κ1) is 20.2. The Morgan fingerprint density at radius 3 is 2.25 bits per heavy atom. The molecule has 0 aliphatic carbocycles. The maximum Gasteiger partial charge on any atom is 0.410 e. The lowest BCUT2D eigenvalue weighted by molar-refractivity contribution is -0.00109. The molecule has 3 rings (SSSR count). The standard InChI is InChI=1S/C24H31NO3/c1-24(2,28-23(26)25-16-7-4-8-17-25)15-18-27-22-13-11-21(12-14-22)19-20-9-5-3-6-10-20/h3,5-6,9-14H,4,7-8,15-19H2,1-2H3. The van der Waals surface area contributed by atoms with Gasteiger partial charge in [-0.2, -0.15) is 0 Å². The number of benzene rings is 2. The van der Waals surface area contributed by atoms with Crippen LogP contribution in [0.25, 0.3) is 0 Å². The van der Waals surface area contributed by atoms with E-state index in [2.05, 4.69) is 36.4 Å². The van der Waals surface area contributed by atoms with E-state index in [1.54, 1.807) is 0 Å². The molecule has 2 aromatic rings. The van der Waals surface area contributed by atoms with Crippen molar-refractivity contribution in [1.29, 1.82) is 0 Å². The van der Waals surface area contributed by atoms with E-state index in [-0.39, 0.29) is 6.09 Å². The van der Waals surface area contributed by atoms with E-state index in [1.807, 2.05) is 36.9 Å². The van der Waals surface area contributed by atoms with Gasteiger partial charge in [0.05, 0.1) is 6.61 Å². The molecule has 1 aliphatic heterocycles. The van der Waals surface area contributed by atoms with Crippen molar-refractivity contribution in [3.63, 3.8) is 0 Å². The van der Waals surface area contributed by atoms with E-state index in [4.69, 9.17) is 9.47 Å². The fraction of sp³-hybridized carbons (Fsp3) is 0.458. The molecule has 1 fully saturated rings. The van der Waals surface area contributed by atoms with Gasteiger partial charge in [0.15, 0.2) is 0 Å². The lowest BCUT2D eigenvalue weighted by Gasteiger charge is -2.31. The molecule has 0 unspecified atom stereocenters. The highest BCUT2D eigenvalue weighted by Gasteiger charge is 2.27. The van der Waals surface area contributed by atoms with Gasteiger partial charge in [0.2, 0.25) is 0 Å². The summed E-state index contributed by atoms with van der Waals surface area (Å²) < 4.78 is 11.6. The summed E-state index contributed by atoms with van der Waals surface area (Å²) in [5.74, 6) is 0.843. The predicted octanol–water partition coefficient (Wildman–Crippen LogP) is 5.45. The molecule has 1 aliphatic rings. The quantitative estimate of drug-likeness (QED) is 0.640. The Morgan fingerprint density at radius 1 is 0.929 bits per heavy atom. The van der Waals surface area contributed by atoms with Gasteiger partial charge in [-0.1, -0.05) is 42.5 Å². The van der Waals surface area contributed by atoms with E-state index in [0.717, 1.165) is 38.1 Å². The van der Waals surface area contributed by atoms with Gasteiger partial charge in [-0.25, -0.2) is 4.79 Å². The maximum atomic E-state index is 12.3. The zero-order chi connectivity index (χ0) is 19.8. The van der Waals surface area contributed by atoms with Gasteiger partial charge >= 0.3 is 6.09 Å². The summed E-state index contributed by atoms with van der Waals surface area (Å²) in [6, 6.07) is 18.6. The van der Waals surface area contributed by atoms with Crippen LogP contribution < -0.4 is 4.74 Å². The van der Waals surface area contributed by atoms with Gasteiger partial charge in [-0.05, 0) is 62.8 Å². The first-order valence-electron chi connectivity index (χ1n) is 10.3. The Kier molecular flexibility index (Phi) is 6.96. The van der Waals surface area contributed by atoms with Crippen molar-refractivity contribution in [1.82, 2.24) is 4.90 Å². The number of piperidine rings is 1. The third-order valence-electron chi connectivity index (χ3n) is 5.13. The number of nitrogens with zero attached hydrogens (tertiary/aromatic N) is 1. The summed E-state index contributed by atoms with van der Waals surface area (Å²) in [6.45, 7) is 6.02. The third kappa shape index (κ3) is 6.29. The van der Waals surface area contributed by atoms with Crippen molar-refractivity contribution in [2.45, 2.75) is 51.6 Å². The molecule has 0 N–H and O–H groups in total. The van der Waals surface area contributed by atoms with Gasteiger partial charge in [0, 0.05) is 19.5 Å². The summed E-state index contributed by atoms with van der Waals surface area (Å²) >= 11 is 0. The van der Waals surface area contributed by atoms with E-state index in [9.17, 15) is 4.79 Å². The second kappa shape index (κ2) is 9.63. The molecule has 2 aromatic carbocycles. The third-order valence-corrected chi connectivity index (χ3v) is 5.13. The molecule has 4 nitrogen and oxygen atoms in total. The summed E-state index contributed by atoms with van der Waals surface area (Å²) in [7, 11) is 0. The number of likely N-dealkylation sites (tertiary alicyclic amines) is 1. The number of carbonyl (C=O) groups excluding carboxylic acids is 1. The normalized spacial score (nSPS) is 14.6. The molecular weight excluding hydrogens is 350 g/mol. The van der Waals surface area contributed by atoms with Gasteiger partial charge < -0.3 is 14.4 Å². The van der Waals surface area contributed by atoms with Crippen LogP contribution in [0.3, 0.4) is 0 Å². The van der Waals surface area contributed by atoms with E-state index >= 15 is 0 Å². The molecule has 0 atom stereocenters. The molecule has 0 radical (unpaired) electrons. The number of amides is 1. The van der Waals surface area contributed by atoms with Crippen molar-refractivity contribution in [3.8, 4) is 5.75 Å². The number of carbonyl (C=O) groups is 1. The Bertz CT molecular complexity index is 734. The first-order chi connectivity index (χ1) is 13.5. The smallest absolute Gasteiger partial charge is 0.410 e. The van der Waals surface area contributed by atoms with Gasteiger partial charge in [-0.3, -0.25) is 0 Å². The monoisotopic (exact) mass is 381 g/mol. The number of hydrogen-bond donors (Lipinski definition) is 0. The molecule has 1 amide bonds. The molecular formula is C24H31NO3. The van der Waals surface area contributed by atoms with Crippen LogP contribution in [0.4, 0.5) is 4.79 Å². The predicted molar refractivity (Wildman–Crippen MR) is 112 cm³/mol. The van der Waals surface area contributed by atoms with E-state index in [1.165, 1.54) is 17.5 Å². The summed E-state index contributed by atoms with van der Waals surface area (Å²) in [5.41, 5.74) is 2.02. The number of ether oxygens (including phenoxy) is 2. The van der Waals surface area contributed by atoms with Crippen molar-refractivity contribution in [2.75, 3.05) is 19.7 Å². The van der Waals surface area contributed by atoms with Gasteiger partial charge in [-0.15, -0.1) is 0 Å². The van der Waals surface area contributed by atoms with Crippen LogP contribution in [0, 0.1) is 0 Å². The van der Waals surface area contributed by atoms with Gasteiger partial charge in [0.25, 0.3) is 0 Å². The SMILES string of the molecule is CC(C)(CCOc1ccc(Cc2ccccc2)cc1)OC(=O)N1CCCCC1. The fourth-order valence-corrected chi connectivity index (χ4v) is 3.38. The minimum atomic E-state index is -0.540. The number of rotatable bonds is 7. The van der Waals surface area contributed by atoms with Crippen LogP contribution in [-0.4, -0.2) is 36.3 Å². The van der Waals surface area contributed by atoms with Crippen molar-refractivity contribution in [2.24, 2.45) is 0 Å². The molecule has 150 valence electrons. The van der Waals surface area contributed by atoms with Crippen molar-refractivity contribution in [3.05, 3.63) is 65.7 Å². The maximum absolute atomic E-state index is 12.3. The van der Waals surface area contributed by atoms with Crippen molar-refractivity contribution >= 4 is 6.09 Å². The first-order valence-corrected chi connectivity index (χ1v) is 10.3. The zero-order valence-corrected chi connectivity index (χ0v) is 17.0. The second-order valence-electron chi connectivity index (χ2n) is 8.08. The Morgan fingerprint density at radius 2 is 1.57 bits per heavy atom. The molecule has 4 heteroatoms. The highest BCUT2D eigenvalue weighted by molar-refractivity contribution is 5.68. The van der Waals surface area contributed by atoms with Crippen LogP contribution in [-0.2, 0) is 11.2 Å². The topological polar surface area (TPSA) is 38.8 Å². The van der Waals surface area contributed by atoms with Gasteiger partial charge in [0.1, 0.15) is 11.4 Å². The van der Waals surface area contributed by atoms with Crippen LogP contribution >= 0.6 is 0 Å². The summed E-state index contributed by atoms with van der Waals surface area (Å²) in [4.78, 5) is 14.1. The minimum absolute atomic E-state index is 0.199. The van der Waals surface area contributed by atoms with E-state index < -0.39 is 5.60 Å². The molecule has 0 aromatic heterocycles. The highest BCUT2D eigenvalue weighted by Crippen LogP contribution is 2.20. The van der Waals surface area contributed by atoms with Crippen LogP contribution in [0.2, 0.25) is 0 Å². The molecule has 28 heavy (non-hydrogen) atoms. The Hall–Kier alpha value is -2.49. The Balaban J connectivity index is 1.42. The Labute approximate surface area is 168 Å². The molecule has 0 bridgehead atoms. The summed E-state index contributed by atoms with van der Waals surface area (Å²) in [6.07, 6.45) is 4.71. The number of hydrogen-bond acceptors (Lipinski definition) is 3. The lowest BCUT2D eigenvalue weighted by atomic mass is 10.0. The molecule has 0 spiro atoms. The summed E-state index contributed by atoms with van der Waals surface area (Å²) in [5, 5.41) is 0. The average Bonchev–Trinajstić information content (AvgIpc) is 2.70. The largest absolute Gasteiger partial charge is 0.493 e. The van der Waals surface area contributed by atoms with Crippen molar-refractivity contribution < 1.29 is 14.3 Å². The van der Waals surface area contributed by atoms with Crippen LogP contribution in [0.5, 0.6) is 5.75 Å². The van der Waals surface area contributed by atoms with E-state index in [0.29, 0.717) is 13.0 Å². The highest BCUT2D eigenvalue weighted by atomic mass is 16.6. The molecule has 0 saturated carbocycles. The lowest BCUT2D eigenvalue weighted by Crippen LogP contribution is -2.41. The fourth-order valence-electron chi connectivity index (χ4n) is 3.38. The molecule has 1 heterocycles.